The molecule has 2 aromatic rings. The predicted octanol–water partition coefficient (Wildman–Crippen LogP) is 2.26. The van der Waals surface area contributed by atoms with E-state index in [-0.39, 0.29) is 11.7 Å². The molecule has 1 aromatic heterocycles. The van der Waals surface area contributed by atoms with E-state index >= 15 is 0 Å². The van der Waals surface area contributed by atoms with Gasteiger partial charge >= 0.3 is 0 Å². The molecule has 118 valence electrons. The van der Waals surface area contributed by atoms with Gasteiger partial charge in [-0.2, -0.15) is 0 Å². The minimum atomic E-state index is -0.406. The Hall–Kier alpha value is -2.21. The molecule has 0 aliphatic carbocycles. The maximum absolute atomic E-state index is 13.0. The molecule has 0 aliphatic rings. The third kappa shape index (κ3) is 3.51. The van der Waals surface area contributed by atoms with Gasteiger partial charge in [0.15, 0.2) is 0 Å². The van der Waals surface area contributed by atoms with Gasteiger partial charge in [-0.15, -0.1) is 0 Å². The molecule has 0 atom stereocenters. The van der Waals surface area contributed by atoms with Crippen LogP contribution in [0.2, 0.25) is 0 Å². The van der Waals surface area contributed by atoms with Gasteiger partial charge in [-0.3, -0.25) is 9.36 Å². The summed E-state index contributed by atoms with van der Waals surface area (Å²) in [6.07, 6.45) is 4.56. The van der Waals surface area contributed by atoms with Gasteiger partial charge in [0.25, 0.3) is 5.91 Å². The number of rotatable bonds is 6. The van der Waals surface area contributed by atoms with Crippen molar-refractivity contribution < 1.29 is 9.18 Å². The lowest BCUT2D eigenvalue weighted by atomic mass is 9.94. The zero-order valence-electron chi connectivity index (χ0n) is 12.8. The number of halogens is 1. The number of aromatic nitrogens is 2. The molecule has 1 heterocycles. The van der Waals surface area contributed by atoms with E-state index in [1.54, 1.807) is 16.7 Å². The maximum Gasteiger partial charge on any atom is 0.269 e. The Labute approximate surface area is 129 Å². The fourth-order valence-electron chi connectivity index (χ4n) is 2.12. The van der Waals surface area contributed by atoms with Crippen LogP contribution in [-0.4, -0.2) is 27.5 Å². The zero-order valence-corrected chi connectivity index (χ0v) is 12.8. The fourth-order valence-corrected chi connectivity index (χ4v) is 2.12. The van der Waals surface area contributed by atoms with E-state index < -0.39 is 5.54 Å². The molecule has 3 N–H and O–H groups in total. The number of nitrogens with one attached hydrogen (secondary N) is 1. The van der Waals surface area contributed by atoms with Gasteiger partial charge in [0.1, 0.15) is 11.5 Å². The van der Waals surface area contributed by atoms with Gasteiger partial charge in [-0.25, -0.2) is 9.37 Å². The van der Waals surface area contributed by atoms with Gasteiger partial charge in [-0.1, -0.05) is 13.8 Å². The first-order chi connectivity index (χ1) is 10.5. The molecule has 2 rings (SSSR count). The van der Waals surface area contributed by atoms with E-state index in [4.69, 9.17) is 5.73 Å². The number of carbonyl (C=O) groups is 1. The molecular formula is C16H21FN4O. The average molecular weight is 304 g/mol. The molecule has 0 radical (unpaired) electrons. The van der Waals surface area contributed by atoms with Crippen molar-refractivity contribution in [3.63, 3.8) is 0 Å². The Bertz CT molecular complexity index is 632. The Morgan fingerprint density at radius 3 is 2.55 bits per heavy atom. The minimum absolute atomic E-state index is 0.251. The number of hydrogen-bond donors (Lipinski definition) is 2. The molecule has 22 heavy (non-hydrogen) atoms. The molecule has 0 bridgehead atoms. The number of hydrogen-bond acceptors (Lipinski definition) is 3. The van der Waals surface area contributed by atoms with Crippen molar-refractivity contribution in [3.05, 3.63) is 48.3 Å². The van der Waals surface area contributed by atoms with Crippen molar-refractivity contribution in [2.24, 2.45) is 5.73 Å². The summed E-state index contributed by atoms with van der Waals surface area (Å²) in [5.74, 6) is -0.577. The van der Waals surface area contributed by atoms with Crippen LogP contribution in [0.15, 0.2) is 36.8 Å². The van der Waals surface area contributed by atoms with E-state index in [0.717, 1.165) is 12.8 Å². The van der Waals surface area contributed by atoms with Crippen molar-refractivity contribution in [2.45, 2.75) is 32.2 Å². The van der Waals surface area contributed by atoms with Crippen LogP contribution in [-0.2, 0) is 0 Å². The third-order valence-corrected chi connectivity index (χ3v) is 3.99. The summed E-state index contributed by atoms with van der Waals surface area (Å²) in [4.78, 5) is 16.3. The largest absolute Gasteiger partial charge is 0.349 e. The summed E-state index contributed by atoms with van der Waals surface area (Å²) >= 11 is 0. The lowest BCUT2D eigenvalue weighted by Gasteiger charge is -2.26. The molecule has 1 amide bonds. The van der Waals surface area contributed by atoms with E-state index in [1.807, 2.05) is 13.8 Å². The van der Waals surface area contributed by atoms with Crippen LogP contribution >= 0.6 is 0 Å². The van der Waals surface area contributed by atoms with E-state index in [2.05, 4.69) is 10.3 Å². The molecule has 0 saturated carbocycles. The van der Waals surface area contributed by atoms with Crippen molar-refractivity contribution >= 4 is 5.91 Å². The topological polar surface area (TPSA) is 72.9 Å². The highest BCUT2D eigenvalue weighted by molar-refractivity contribution is 5.93. The second kappa shape index (κ2) is 6.70. The number of amides is 1. The fraction of sp³-hybridized carbons (Fsp3) is 0.375. The maximum atomic E-state index is 13.0. The van der Waals surface area contributed by atoms with Gasteiger partial charge in [-0.05, 0) is 37.1 Å². The highest BCUT2D eigenvalue weighted by atomic mass is 19.1. The van der Waals surface area contributed by atoms with Crippen LogP contribution in [0.25, 0.3) is 5.69 Å². The average Bonchev–Trinajstić information content (AvgIpc) is 3.02. The summed E-state index contributed by atoms with van der Waals surface area (Å²) in [6, 6.07) is 5.88. The third-order valence-electron chi connectivity index (χ3n) is 3.99. The summed E-state index contributed by atoms with van der Waals surface area (Å²) in [5.41, 5.74) is 6.84. The Balaban J connectivity index is 2.15. The van der Waals surface area contributed by atoms with Gasteiger partial charge in [0.05, 0.1) is 12.5 Å². The van der Waals surface area contributed by atoms with Crippen LogP contribution < -0.4 is 11.1 Å². The molecule has 6 heteroatoms. The quantitative estimate of drug-likeness (QED) is 0.859. The second-order valence-electron chi connectivity index (χ2n) is 5.38. The van der Waals surface area contributed by atoms with Crippen LogP contribution in [0.4, 0.5) is 4.39 Å². The SMILES string of the molecule is CCC(N)(CC)CNC(=O)c1cncn1-c1ccc(F)cc1. The van der Waals surface area contributed by atoms with Gasteiger partial charge in [0.2, 0.25) is 0 Å². The monoisotopic (exact) mass is 304 g/mol. The first kappa shape index (κ1) is 16.2. The van der Waals surface area contributed by atoms with E-state index in [1.165, 1.54) is 24.7 Å². The Kier molecular flexibility index (Phi) is 4.92. The van der Waals surface area contributed by atoms with Gasteiger partial charge < -0.3 is 11.1 Å². The number of carbonyl (C=O) groups excluding carboxylic acids is 1. The highest BCUT2D eigenvalue weighted by Crippen LogP contribution is 2.13. The molecule has 0 unspecified atom stereocenters. The van der Waals surface area contributed by atoms with E-state index in [0.29, 0.717) is 17.9 Å². The first-order valence-corrected chi connectivity index (χ1v) is 7.34. The smallest absolute Gasteiger partial charge is 0.269 e. The van der Waals surface area contributed by atoms with E-state index in [9.17, 15) is 9.18 Å². The summed E-state index contributed by atoms with van der Waals surface area (Å²) < 4.78 is 14.6. The van der Waals surface area contributed by atoms with Gasteiger partial charge in [0, 0.05) is 17.8 Å². The summed E-state index contributed by atoms with van der Waals surface area (Å²) in [6.45, 7) is 4.39. The Morgan fingerprint density at radius 2 is 1.95 bits per heavy atom. The highest BCUT2D eigenvalue weighted by Gasteiger charge is 2.22. The van der Waals surface area contributed by atoms with Crippen molar-refractivity contribution in [1.82, 2.24) is 14.9 Å². The lowest BCUT2D eigenvalue weighted by molar-refractivity contribution is 0.0935. The molecule has 1 aromatic carbocycles. The zero-order chi connectivity index (χ0) is 16.2. The van der Waals surface area contributed by atoms with Crippen LogP contribution in [0.3, 0.4) is 0 Å². The normalized spacial score (nSPS) is 11.5. The molecule has 0 saturated heterocycles. The first-order valence-electron chi connectivity index (χ1n) is 7.34. The number of benzene rings is 1. The van der Waals surface area contributed by atoms with Crippen molar-refractivity contribution in [2.75, 3.05) is 6.54 Å². The number of nitrogens with two attached hydrogens (primary N) is 1. The molecule has 0 aliphatic heterocycles. The van der Waals surface area contributed by atoms with Crippen LogP contribution in [0, 0.1) is 5.82 Å². The van der Waals surface area contributed by atoms with Crippen LogP contribution in [0.5, 0.6) is 0 Å². The number of imidazole rings is 1. The number of nitrogens with zero attached hydrogens (tertiary/aromatic N) is 2. The molecular weight excluding hydrogens is 283 g/mol. The Morgan fingerprint density at radius 1 is 1.32 bits per heavy atom. The summed E-state index contributed by atoms with van der Waals surface area (Å²) in [5, 5.41) is 2.85. The standard InChI is InChI=1S/C16H21FN4O/c1-3-16(18,4-2)10-20-15(22)14-9-19-11-21(14)13-7-5-12(17)6-8-13/h5-9,11H,3-4,10,18H2,1-2H3,(H,20,22). The minimum Gasteiger partial charge on any atom is -0.349 e. The van der Waals surface area contributed by atoms with Crippen LogP contribution in [0.1, 0.15) is 37.2 Å². The van der Waals surface area contributed by atoms with Crippen molar-refractivity contribution in [1.29, 1.82) is 0 Å². The second-order valence-corrected chi connectivity index (χ2v) is 5.38. The molecule has 0 fully saturated rings. The molecule has 0 spiro atoms. The molecule has 5 nitrogen and oxygen atoms in total. The summed E-state index contributed by atoms with van der Waals surface area (Å²) in [7, 11) is 0. The van der Waals surface area contributed by atoms with Crippen molar-refractivity contribution in [3.8, 4) is 5.69 Å². The lowest BCUT2D eigenvalue weighted by Crippen LogP contribution is -2.49. The predicted molar refractivity (Wildman–Crippen MR) is 83.4 cm³/mol.